The topological polar surface area (TPSA) is 37.8 Å². The van der Waals surface area contributed by atoms with E-state index in [2.05, 4.69) is 49.5 Å². The molecule has 0 aliphatic rings. The Morgan fingerprint density at radius 3 is 2.47 bits per heavy atom. The summed E-state index contributed by atoms with van der Waals surface area (Å²) in [6.07, 6.45) is 2.34. The van der Waals surface area contributed by atoms with Crippen LogP contribution in [-0.2, 0) is 0 Å². The summed E-state index contributed by atoms with van der Waals surface area (Å²) in [5.74, 6) is 1.08. The monoisotopic (exact) mass is 255 g/mol. The van der Waals surface area contributed by atoms with Gasteiger partial charge < -0.3 is 5.32 Å². The summed E-state index contributed by atoms with van der Waals surface area (Å²) in [7, 11) is 0. The van der Waals surface area contributed by atoms with Gasteiger partial charge in [-0.1, -0.05) is 45.5 Å². The third-order valence-corrected chi connectivity index (χ3v) is 4.02. The van der Waals surface area contributed by atoms with E-state index in [1.54, 1.807) is 11.5 Å². The van der Waals surface area contributed by atoms with Gasteiger partial charge in [0, 0.05) is 6.04 Å². The van der Waals surface area contributed by atoms with E-state index in [0.29, 0.717) is 17.9 Å². The molecule has 0 aromatic carbocycles. The van der Waals surface area contributed by atoms with Crippen molar-refractivity contribution in [3.05, 3.63) is 10.6 Å². The normalized spacial score (nSPS) is 15.2. The summed E-state index contributed by atoms with van der Waals surface area (Å²) in [5, 5.41) is 7.94. The highest BCUT2D eigenvalue weighted by molar-refractivity contribution is 7.05. The van der Waals surface area contributed by atoms with Gasteiger partial charge in [0.05, 0.1) is 10.6 Å². The van der Waals surface area contributed by atoms with Crippen molar-refractivity contribution in [2.24, 2.45) is 5.92 Å². The quantitative estimate of drug-likeness (QED) is 0.806. The maximum Gasteiger partial charge on any atom is 0.0829 e. The lowest BCUT2D eigenvalue weighted by atomic mass is 9.94. The molecule has 17 heavy (non-hydrogen) atoms. The molecule has 2 atom stereocenters. The van der Waals surface area contributed by atoms with Crippen molar-refractivity contribution in [3.8, 4) is 0 Å². The molecule has 0 bridgehead atoms. The van der Waals surface area contributed by atoms with Crippen LogP contribution in [0.3, 0.4) is 0 Å². The lowest BCUT2D eigenvalue weighted by Gasteiger charge is -2.24. The van der Waals surface area contributed by atoms with Gasteiger partial charge >= 0.3 is 0 Å². The summed E-state index contributed by atoms with van der Waals surface area (Å²) >= 11 is 1.56. The molecule has 4 heteroatoms. The minimum Gasteiger partial charge on any atom is -0.309 e. The Hall–Kier alpha value is -0.480. The van der Waals surface area contributed by atoms with E-state index in [-0.39, 0.29) is 0 Å². The number of hydrogen-bond donors (Lipinski definition) is 1. The number of nitrogens with one attached hydrogen (secondary N) is 1. The van der Waals surface area contributed by atoms with E-state index in [1.807, 2.05) is 0 Å². The fourth-order valence-corrected chi connectivity index (χ4v) is 2.92. The zero-order valence-corrected chi connectivity index (χ0v) is 12.5. The van der Waals surface area contributed by atoms with Crippen molar-refractivity contribution in [1.29, 1.82) is 0 Å². The Labute approximate surface area is 109 Å². The molecule has 1 N–H and O–H groups in total. The van der Waals surface area contributed by atoms with Crippen molar-refractivity contribution in [2.45, 2.75) is 59.4 Å². The highest BCUT2D eigenvalue weighted by Gasteiger charge is 2.24. The summed E-state index contributed by atoms with van der Waals surface area (Å²) in [5.41, 5.74) is 1.17. The number of hydrogen-bond acceptors (Lipinski definition) is 4. The van der Waals surface area contributed by atoms with Gasteiger partial charge in [-0.15, -0.1) is 5.10 Å². The average Bonchev–Trinajstić information content (AvgIpc) is 2.78. The Morgan fingerprint density at radius 1 is 1.24 bits per heavy atom. The van der Waals surface area contributed by atoms with E-state index < -0.39 is 0 Å². The first-order valence-corrected chi connectivity index (χ1v) is 7.44. The molecule has 0 saturated heterocycles. The molecule has 98 valence electrons. The van der Waals surface area contributed by atoms with Crippen LogP contribution in [0, 0.1) is 5.92 Å². The standard InChI is InChI=1S/C13H25N3S/c1-6-8-14-12(10(5)7-2)13-11(9(3)4)15-16-17-13/h9-10,12,14H,6-8H2,1-5H3. The molecular weight excluding hydrogens is 230 g/mol. The van der Waals surface area contributed by atoms with Crippen LogP contribution in [0.25, 0.3) is 0 Å². The Kier molecular flexibility index (Phi) is 6.06. The van der Waals surface area contributed by atoms with E-state index in [9.17, 15) is 0 Å². The summed E-state index contributed by atoms with van der Waals surface area (Å²) < 4.78 is 4.14. The van der Waals surface area contributed by atoms with Gasteiger partial charge in [0.15, 0.2) is 0 Å². The molecule has 3 nitrogen and oxygen atoms in total. The first-order valence-electron chi connectivity index (χ1n) is 6.67. The van der Waals surface area contributed by atoms with Crippen molar-refractivity contribution in [1.82, 2.24) is 14.9 Å². The second-order valence-electron chi connectivity index (χ2n) is 4.99. The number of nitrogens with zero attached hydrogens (tertiary/aromatic N) is 2. The van der Waals surface area contributed by atoms with Gasteiger partial charge in [-0.3, -0.25) is 0 Å². The summed E-state index contributed by atoms with van der Waals surface area (Å²) in [6, 6.07) is 0.414. The highest BCUT2D eigenvalue weighted by atomic mass is 32.1. The van der Waals surface area contributed by atoms with E-state index >= 15 is 0 Å². The van der Waals surface area contributed by atoms with Gasteiger partial charge in [0.1, 0.15) is 0 Å². The molecule has 0 aliphatic heterocycles. The fourth-order valence-electron chi connectivity index (χ4n) is 1.91. The predicted molar refractivity (Wildman–Crippen MR) is 74.5 cm³/mol. The zero-order chi connectivity index (χ0) is 12.8. The third-order valence-electron chi connectivity index (χ3n) is 3.20. The lowest BCUT2D eigenvalue weighted by Crippen LogP contribution is -2.27. The van der Waals surface area contributed by atoms with Crippen LogP contribution in [0.15, 0.2) is 0 Å². The van der Waals surface area contributed by atoms with Crippen LogP contribution in [0.2, 0.25) is 0 Å². The molecule has 0 spiro atoms. The number of aromatic nitrogens is 2. The van der Waals surface area contributed by atoms with Crippen molar-refractivity contribution < 1.29 is 0 Å². The van der Waals surface area contributed by atoms with Gasteiger partial charge in [0.25, 0.3) is 0 Å². The molecule has 1 rings (SSSR count). The maximum absolute atomic E-state index is 4.29. The second-order valence-corrected chi connectivity index (χ2v) is 5.78. The van der Waals surface area contributed by atoms with Crippen molar-refractivity contribution in [2.75, 3.05) is 6.54 Å². The van der Waals surface area contributed by atoms with Gasteiger partial charge in [0.2, 0.25) is 0 Å². The smallest absolute Gasteiger partial charge is 0.0829 e. The molecule has 2 unspecified atom stereocenters. The highest BCUT2D eigenvalue weighted by Crippen LogP contribution is 2.32. The largest absolute Gasteiger partial charge is 0.309 e. The zero-order valence-electron chi connectivity index (χ0n) is 11.7. The van der Waals surface area contributed by atoms with Crippen LogP contribution in [0.4, 0.5) is 0 Å². The van der Waals surface area contributed by atoms with Gasteiger partial charge in [-0.2, -0.15) is 0 Å². The number of rotatable bonds is 7. The Bertz CT molecular complexity index is 322. The molecule has 1 aromatic rings. The summed E-state index contributed by atoms with van der Waals surface area (Å²) in [4.78, 5) is 1.34. The van der Waals surface area contributed by atoms with Crippen LogP contribution >= 0.6 is 11.5 Å². The Balaban J connectivity index is 2.91. The molecule has 1 aromatic heterocycles. The molecule has 0 saturated carbocycles. The first-order chi connectivity index (χ1) is 8.11. The van der Waals surface area contributed by atoms with Crippen LogP contribution in [0.5, 0.6) is 0 Å². The molecule has 0 radical (unpaired) electrons. The minimum atomic E-state index is 0.414. The van der Waals surface area contributed by atoms with E-state index in [0.717, 1.165) is 13.0 Å². The Morgan fingerprint density at radius 2 is 1.94 bits per heavy atom. The SMILES string of the molecule is CCCNC(c1snnc1C(C)C)C(C)CC. The molecule has 0 amide bonds. The predicted octanol–water partition coefficient (Wildman–Crippen LogP) is 3.75. The second kappa shape index (κ2) is 7.07. The average molecular weight is 255 g/mol. The fraction of sp³-hybridized carbons (Fsp3) is 0.846. The molecule has 0 aliphatic carbocycles. The third kappa shape index (κ3) is 3.75. The van der Waals surface area contributed by atoms with Crippen molar-refractivity contribution >= 4 is 11.5 Å². The van der Waals surface area contributed by atoms with Gasteiger partial charge in [-0.05, 0) is 36.3 Å². The molecular formula is C13H25N3S. The molecule has 0 fully saturated rings. The van der Waals surface area contributed by atoms with Crippen LogP contribution < -0.4 is 5.32 Å². The first kappa shape index (κ1) is 14.6. The van der Waals surface area contributed by atoms with Crippen LogP contribution in [-0.4, -0.2) is 16.1 Å². The van der Waals surface area contributed by atoms with Crippen LogP contribution in [0.1, 0.15) is 70.0 Å². The van der Waals surface area contributed by atoms with Gasteiger partial charge in [-0.25, -0.2) is 0 Å². The maximum atomic E-state index is 4.29. The lowest BCUT2D eigenvalue weighted by molar-refractivity contribution is 0.379. The summed E-state index contributed by atoms with van der Waals surface area (Å²) in [6.45, 7) is 12.2. The van der Waals surface area contributed by atoms with Crippen molar-refractivity contribution in [3.63, 3.8) is 0 Å². The van der Waals surface area contributed by atoms with E-state index in [1.165, 1.54) is 17.0 Å². The minimum absolute atomic E-state index is 0.414. The van der Waals surface area contributed by atoms with E-state index in [4.69, 9.17) is 0 Å². The molecule has 1 heterocycles.